The Morgan fingerprint density at radius 3 is 2.50 bits per heavy atom. The van der Waals surface area contributed by atoms with Crippen molar-refractivity contribution in [3.63, 3.8) is 0 Å². The molecule has 0 amide bonds. The second kappa shape index (κ2) is 7.66. The maximum absolute atomic E-state index is 11.8. The van der Waals surface area contributed by atoms with Gasteiger partial charge >= 0.3 is 5.69 Å². The minimum atomic E-state index is -0.440. The maximum Gasteiger partial charge on any atom is 0.343 e. The lowest BCUT2D eigenvalue weighted by molar-refractivity contribution is -0.387. The molecule has 0 saturated carbocycles. The van der Waals surface area contributed by atoms with Gasteiger partial charge in [0.1, 0.15) is 6.33 Å². The van der Waals surface area contributed by atoms with Gasteiger partial charge in [0, 0.05) is 16.0 Å². The highest BCUT2D eigenvalue weighted by Crippen LogP contribution is 2.38. The molecule has 4 rings (SSSR count). The summed E-state index contributed by atoms with van der Waals surface area (Å²) in [6.45, 7) is 1.99. The lowest BCUT2D eigenvalue weighted by Crippen LogP contribution is -2.03. The molecule has 0 aliphatic heterocycles. The average molecular weight is 388 g/mol. The number of anilines is 2. The van der Waals surface area contributed by atoms with Crippen LogP contribution in [0.1, 0.15) is 5.56 Å². The van der Waals surface area contributed by atoms with Gasteiger partial charge in [-0.3, -0.25) is 10.1 Å². The first kappa shape index (κ1) is 17.9. The molecular weight excluding hydrogens is 372 g/mol. The molecule has 6 nitrogen and oxygen atoms in total. The van der Waals surface area contributed by atoms with Crippen LogP contribution in [0.25, 0.3) is 10.8 Å². The summed E-state index contributed by atoms with van der Waals surface area (Å²) >= 11 is 1.25. The first-order valence-corrected chi connectivity index (χ1v) is 9.42. The molecule has 0 atom stereocenters. The Bertz CT molecular complexity index is 1160. The summed E-state index contributed by atoms with van der Waals surface area (Å²) in [5.74, 6) is 0.172. The Labute approximate surface area is 165 Å². The summed E-state index contributed by atoms with van der Waals surface area (Å²) in [6.07, 6.45) is 1.34. The third kappa shape index (κ3) is 3.65. The summed E-state index contributed by atoms with van der Waals surface area (Å²) in [5.41, 5.74) is 1.74. The molecule has 0 fully saturated rings. The smallest absolute Gasteiger partial charge is 0.334 e. The monoisotopic (exact) mass is 388 g/mol. The van der Waals surface area contributed by atoms with E-state index < -0.39 is 4.92 Å². The van der Waals surface area contributed by atoms with Crippen LogP contribution >= 0.6 is 11.8 Å². The second-order valence-electron chi connectivity index (χ2n) is 6.20. The predicted molar refractivity (Wildman–Crippen MR) is 111 cm³/mol. The standard InChI is InChI=1S/C21H16N4O2S/c1-14-9-11-16(12-10-14)28-21-19(25(26)27)20(22-13-23-21)24-18-8-4-6-15-5-2-3-7-17(15)18/h2-13H,1H3,(H,22,23,24). The van der Waals surface area contributed by atoms with Gasteiger partial charge in [-0.2, -0.15) is 0 Å². The number of nitrogens with zero attached hydrogens (tertiary/aromatic N) is 3. The van der Waals surface area contributed by atoms with Crippen molar-refractivity contribution < 1.29 is 4.92 Å². The van der Waals surface area contributed by atoms with Crippen LogP contribution in [0.15, 0.2) is 83.0 Å². The molecule has 0 unspecified atom stereocenters. The van der Waals surface area contributed by atoms with Gasteiger partial charge in [-0.15, -0.1) is 0 Å². The van der Waals surface area contributed by atoms with E-state index in [1.165, 1.54) is 18.1 Å². The topological polar surface area (TPSA) is 81.0 Å². The fourth-order valence-corrected chi connectivity index (χ4v) is 3.74. The number of aryl methyl sites for hydroxylation is 1. The van der Waals surface area contributed by atoms with Crippen LogP contribution in [0.3, 0.4) is 0 Å². The first-order chi connectivity index (χ1) is 13.6. The zero-order valence-electron chi connectivity index (χ0n) is 15.0. The quantitative estimate of drug-likeness (QED) is 0.267. The van der Waals surface area contributed by atoms with Gasteiger partial charge in [0.15, 0.2) is 5.03 Å². The molecule has 0 aliphatic rings. The van der Waals surface area contributed by atoms with Gasteiger partial charge < -0.3 is 5.32 Å². The molecule has 1 aromatic heterocycles. The van der Waals surface area contributed by atoms with Crippen LogP contribution in [0.2, 0.25) is 0 Å². The van der Waals surface area contributed by atoms with Crippen molar-refractivity contribution in [3.05, 3.63) is 88.7 Å². The molecule has 0 saturated heterocycles. The minimum Gasteiger partial charge on any atom is -0.334 e. The third-order valence-electron chi connectivity index (χ3n) is 4.25. The molecule has 1 heterocycles. The van der Waals surface area contributed by atoms with E-state index in [0.29, 0.717) is 5.03 Å². The van der Waals surface area contributed by atoms with Crippen LogP contribution in [0, 0.1) is 17.0 Å². The Balaban J connectivity index is 1.74. The molecule has 138 valence electrons. The number of fused-ring (bicyclic) bond motifs is 1. The summed E-state index contributed by atoms with van der Waals surface area (Å²) in [7, 11) is 0. The molecule has 1 N–H and O–H groups in total. The fourth-order valence-electron chi connectivity index (χ4n) is 2.87. The number of aromatic nitrogens is 2. The number of hydrogen-bond acceptors (Lipinski definition) is 6. The SMILES string of the molecule is Cc1ccc(Sc2ncnc(Nc3cccc4ccccc34)c2[N+](=O)[O-])cc1. The highest BCUT2D eigenvalue weighted by atomic mass is 32.2. The normalized spacial score (nSPS) is 10.8. The van der Waals surface area contributed by atoms with Crippen molar-refractivity contribution in [1.82, 2.24) is 9.97 Å². The molecular formula is C21H16N4O2S. The Morgan fingerprint density at radius 2 is 1.71 bits per heavy atom. The molecule has 0 spiro atoms. The summed E-state index contributed by atoms with van der Waals surface area (Å²) < 4.78 is 0. The molecule has 0 bridgehead atoms. The first-order valence-electron chi connectivity index (χ1n) is 8.60. The number of rotatable bonds is 5. The predicted octanol–water partition coefficient (Wildman–Crippen LogP) is 5.74. The largest absolute Gasteiger partial charge is 0.343 e. The Hall–Kier alpha value is -3.45. The minimum absolute atomic E-state index is 0.138. The summed E-state index contributed by atoms with van der Waals surface area (Å²) in [5, 5.41) is 17.2. The highest BCUT2D eigenvalue weighted by molar-refractivity contribution is 7.99. The lowest BCUT2D eigenvalue weighted by atomic mass is 10.1. The number of hydrogen-bond donors (Lipinski definition) is 1. The Kier molecular flexibility index (Phi) is 4.90. The van der Waals surface area contributed by atoms with Gasteiger partial charge in [0.25, 0.3) is 0 Å². The van der Waals surface area contributed by atoms with Gasteiger partial charge in [0.05, 0.1) is 4.92 Å². The van der Waals surface area contributed by atoms with E-state index in [2.05, 4.69) is 15.3 Å². The van der Waals surface area contributed by atoms with E-state index >= 15 is 0 Å². The average Bonchev–Trinajstić information content (AvgIpc) is 2.70. The van der Waals surface area contributed by atoms with Crippen molar-refractivity contribution in [2.45, 2.75) is 16.8 Å². The van der Waals surface area contributed by atoms with Crippen molar-refractivity contribution >= 4 is 39.7 Å². The highest BCUT2D eigenvalue weighted by Gasteiger charge is 2.24. The molecule has 0 aliphatic carbocycles. The van der Waals surface area contributed by atoms with Gasteiger partial charge in [0.2, 0.25) is 5.82 Å². The van der Waals surface area contributed by atoms with Gasteiger partial charge in [-0.1, -0.05) is 65.9 Å². The molecule has 3 aromatic carbocycles. The van der Waals surface area contributed by atoms with Crippen molar-refractivity contribution in [3.8, 4) is 0 Å². The maximum atomic E-state index is 11.8. The summed E-state index contributed by atoms with van der Waals surface area (Å²) in [6, 6.07) is 21.4. The van der Waals surface area contributed by atoms with Crippen LogP contribution in [-0.2, 0) is 0 Å². The van der Waals surface area contributed by atoms with E-state index in [1.54, 1.807) is 0 Å². The van der Waals surface area contributed by atoms with Gasteiger partial charge in [-0.25, -0.2) is 9.97 Å². The lowest BCUT2D eigenvalue weighted by Gasteiger charge is -2.11. The number of nitro groups is 1. The van der Waals surface area contributed by atoms with Crippen LogP contribution in [-0.4, -0.2) is 14.9 Å². The second-order valence-corrected chi connectivity index (χ2v) is 7.26. The van der Waals surface area contributed by atoms with Crippen LogP contribution in [0.5, 0.6) is 0 Å². The van der Waals surface area contributed by atoms with Crippen LogP contribution in [0.4, 0.5) is 17.2 Å². The van der Waals surface area contributed by atoms with E-state index in [9.17, 15) is 10.1 Å². The van der Waals surface area contributed by atoms with E-state index in [1.807, 2.05) is 73.7 Å². The van der Waals surface area contributed by atoms with Crippen molar-refractivity contribution in [1.29, 1.82) is 0 Å². The fraction of sp³-hybridized carbons (Fsp3) is 0.0476. The summed E-state index contributed by atoms with van der Waals surface area (Å²) in [4.78, 5) is 20.5. The molecule has 7 heteroatoms. The zero-order chi connectivity index (χ0) is 19.5. The van der Waals surface area contributed by atoms with Crippen LogP contribution < -0.4 is 5.32 Å². The van der Waals surface area contributed by atoms with E-state index in [0.717, 1.165) is 26.9 Å². The Morgan fingerprint density at radius 1 is 0.964 bits per heavy atom. The van der Waals surface area contributed by atoms with E-state index in [4.69, 9.17) is 0 Å². The molecule has 28 heavy (non-hydrogen) atoms. The zero-order valence-corrected chi connectivity index (χ0v) is 15.8. The number of benzene rings is 3. The third-order valence-corrected chi connectivity index (χ3v) is 5.25. The van der Waals surface area contributed by atoms with Crippen molar-refractivity contribution in [2.24, 2.45) is 0 Å². The van der Waals surface area contributed by atoms with Crippen molar-refractivity contribution in [2.75, 3.05) is 5.32 Å². The molecule has 0 radical (unpaired) electrons. The van der Waals surface area contributed by atoms with Gasteiger partial charge in [-0.05, 0) is 30.5 Å². The van der Waals surface area contributed by atoms with E-state index in [-0.39, 0.29) is 11.5 Å². The molecule has 4 aromatic rings. The number of nitrogens with one attached hydrogen (secondary N) is 1.